The molecular formula is C14H18ClF3N2. The summed E-state index contributed by atoms with van der Waals surface area (Å²) in [5.41, 5.74) is -0.701. The van der Waals surface area contributed by atoms with Crippen LogP contribution in [-0.2, 0) is 6.18 Å². The first kappa shape index (κ1) is 15.4. The zero-order valence-corrected chi connectivity index (χ0v) is 12.4. The standard InChI is InChI=1S/C14H18ClF3N2/c1-9-7-19-13(2,3)8-20(9)12-5-4-10(15)6-11(12)14(16,17)18/h4-6,9,19H,7-8H2,1-3H3. The predicted molar refractivity (Wildman–Crippen MR) is 75.3 cm³/mol. The largest absolute Gasteiger partial charge is 0.418 e. The highest BCUT2D eigenvalue weighted by Gasteiger charge is 2.38. The van der Waals surface area contributed by atoms with Crippen LogP contribution in [0.3, 0.4) is 0 Å². The molecule has 1 heterocycles. The molecule has 0 aliphatic carbocycles. The maximum absolute atomic E-state index is 13.2. The molecule has 0 saturated carbocycles. The SMILES string of the molecule is CC1CNC(C)(C)CN1c1ccc(Cl)cc1C(F)(F)F. The van der Waals surface area contributed by atoms with Crippen LogP contribution < -0.4 is 10.2 Å². The van der Waals surface area contributed by atoms with Gasteiger partial charge in [0, 0.05) is 35.4 Å². The maximum Gasteiger partial charge on any atom is 0.418 e. The monoisotopic (exact) mass is 306 g/mol. The van der Waals surface area contributed by atoms with Gasteiger partial charge in [0.15, 0.2) is 0 Å². The molecule has 6 heteroatoms. The summed E-state index contributed by atoms with van der Waals surface area (Å²) in [5, 5.41) is 3.43. The molecular weight excluding hydrogens is 289 g/mol. The zero-order chi connectivity index (χ0) is 15.1. The average Bonchev–Trinajstić information content (AvgIpc) is 2.31. The van der Waals surface area contributed by atoms with E-state index in [1.165, 1.54) is 12.1 Å². The van der Waals surface area contributed by atoms with E-state index in [-0.39, 0.29) is 22.3 Å². The molecule has 1 saturated heterocycles. The fourth-order valence-corrected chi connectivity index (χ4v) is 2.65. The van der Waals surface area contributed by atoms with Crippen molar-refractivity contribution < 1.29 is 13.2 Å². The van der Waals surface area contributed by atoms with E-state index in [0.29, 0.717) is 13.1 Å². The molecule has 1 aliphatic rings. The predicted octanol–water partition coefficient (Wildman–Crippen LogP) is 3.94. The van der Waals surface area contributed by atoms with Gasteiger partial charge in [0.1, 0.15) is 0 Å². The van der Waals surface area contributed by atoms with Crippen LogP contribution in [0.15, 0.2) is 18.2 Å². The second kappa shape index (κ2) is 5.11. The lowest BCUT2D eigenvalue weighted by molar-refractivity contribution is -0.137. The highest BCUT2D eigenvalue weighted by molar-refractivity contribution is 6.30. The molecule has 1 aliphatic heterocycles. The Morgan fingerprint density at radius 1 is 1.35 bits per heavy atom. The Hall–Kier alpha value is -0.940. The van der Waals surface area contributed by atoms with Crippen LogP contribution in [0.4, 0.5) is 18.9 Å². The van der Waals surface area contributed by atoms with Crippen molar-refractivity contribution in [3.8, 4) is 0 Å². The van der Waals surface area contributed by atoms with Gasteiger partial charge in [-0.2, -0.15) is 13.2 Å². The van der Waals surface area contributed by atoms with E-state index >= 15 is 0 Å². The summed E-state index contributed by atoms with van der Waals surface area (Å²) in [6, 6.07) is 3.96. The molecule has 0 spiro atoms. The maximum atomic E-state index is 13.2. The highest BCUT2D eigenvalue weighted by Crippen LogP contribution is 2.39. The molecule has 2 rings (SSSR count). The Kier molecular flexibility index (Phi) is 3.95. The van der Waals surface area contributed by atoms with Crippen molar-refractivity contribution in [2.24, 2.45) is 0 Å². The van der Waals surface area contributed by atoms with Crippen LogP contribution >= 0.6 is 11.6 Å². The molecule has 1 fully saturated rings. The van der Waals surface area contributed by atoms with Crippen LogP contribution in [-0.4, -0.2) is 24.7 Å². The third-order valence-electron chi connectivity index (χ3n) is 3.55. The van der Waals surface area contributed by atoms with Crippen LogP contribution in [0.2, 0.25) is 5.02 Å². The highest BCUT2D eigenvalue weighted by atomic mass is 35.5. The van der Waals surface area contributed by atoms with Crippen LogP contribution in [0.5, 0.6) is 0 Å². The third-order valence-corrected chi connectivity index (χ3v) is 3.78. The van der Waals surface area contributed by atoms with Gasteiger partial charge in [-0.15, -0.1) is 0 Å². The van der Waals surface area contributed by atoms with Crippen molar-refractivity contribution >= 4 is 17.3 Å². The van der Waals surface area contributed by atoms with Crippen molar-refractivity contribution in [2.45, 2.75) is 38.5 Å². The Labute approximate surface area is 121 Å². The summed E-state index contributed by atoms with van der Waals surface area (Å²) in [7, 11) is 0. The molecule has 1 aromatic rings. The number of nitrogens with one attached hydrogen (secondary N) is 1. The zero-order valence-electron chi connectivity index (χ0n) is 11.7. The molecule has 0 bridgehead atoms. The second-order valence-corrected chi connectivity index (χ2v) is 6.34. The van der Waals surface area contributed by atoms with E-state index < -0.39 is 11.7 Å². The minimum Gasteiger partial charge on any atom is -0.365 e. The minimum atomic E-state index is -4.41. The van der Waals surface area contributed by atoms with Gasteiger partial charge in [-0.25, -0.2) is 0 Å². The van der Waals surface area contributed by atoms with Gasteiger partial charge in [-0.1, -0.05) is 11.6 Å². The van der Waals surface area contributed by atoms with Gasteiger partial charge >= 0.3 is 6.18 Å². The van der Waals surface area contributed by atoms with Crippen molar-refractivity contribution in [3.63, 3.8) is 0 Å². The van der Waals surface area contributed by atoms with Crippen LogP contribution in [0.25, 0.3) is 0 Å². The first-order valence-electron chi connectivity index (χ1n) is 6.48. The fourth-order valence-electron chi connectivity index (χ4n) is 2.48. The smallest absolute Gasteiger partial charge is 0.365 e. The van der Waals surface area contributed by atoms with E-state index in [1.54, 1.807) is 4.90 Å². The molecule has 0 radical (unpaired) electrons. The fraction of sp³-hybridized carbons (Fsp3) is 0.571. The average molecular weight is 307 g/mol. The van der Waals surface area contributed by atoms with Gasteiger partial charge in [0.2, 0.25) is 0 Å². The third kappa shape index (κ3) is 3.20. The van der Waals surface area contributed by atoms with Crippen molar-refractivity contribution in [1.29, 1.82) is 0 Å². The molecule has 112 valence electrons. The normalized spacial score (nSPS) is 22.9. The number of anilines is 1. The lowest BCUT2D eigenvalue weighted by Crippen LogP contribution is -2.61. The second-order valence-electron chi connectivity index (χ2n) is 5.90. The Morgan fingerprint density at radius 2 is 2.00 bits per heavy atom. The number of alkyl halides is 3. The van der Waals surface area contributed by atoms with Gasteiger partial charge < -0.3 is 10.2 Å². The summed E-state index contributed by atoms with van der Waals surface area (Å²) in [6.07, 6.45) is -4.41. The molecule has 1 unspecified atom stereocenters. The lowest BCUT2D eigenvalue weighted by atomic mass is 9.97. The van der Waals surface area contributed by atoms with Gasteiger partial charge in [-0.05, 0) is 39.0 Å². The number of halogens is 4. The Bertz CT molecular complexity index is 500. The van der Waals surface area contributed by atoms with Crippen LogP contribution in [0, 0.1) is 0 Å². The summed E-state index contributed by atoms with van der Waals surface area (Å²) in [4.78, 5) is 1.80. The number of hydrogen-bond acceptors (Lipinski definition) is 2. The number of hydrogen-bond donors (Lipinski definition) is 1. The molecule has 0 amide bonds. The molecule has 1 N–H and O–H groups in total. The molecule has 0 aromatic heterocycles. The molecule has 1 aromatic carbocycles. The van der Waals surface area contributed by atoms with Crippen molar-refractivity contribution in [2.75, 3.05) is 18.0 Å². The summed E-state index contributed by atoms with van der Waals surface area (Å²) < 4.78 is 39.6. The van der Waals surface area contributed by atoms with E-state index in [9.17, 15) is 13.2 Å². The van der Waals surface area contributed by atoms with E-state index in [4.69, 9.17) is 11.6 Å². The first-order valence-corrected chi connectivity index (χ1v) is 6.86. The Balaban J connectivity index is 2.46. The molecule has 20 heavy (non-hydrogen) atoms. The minimum absolute atomic E-state index is 0.00898. The number of piperazine rings is 1. The number of nitrogens with zero attached hydrogens (tertiary/aromatic N) is 1. The summed E-state index contributed by atoms with van der Waals surface area (Å²) in [6.45, 7) is 7.03. The quantitative estimate of drug-likeness (QED) is 0.845. The van der Waals surface area contributed by atoms with E-state index in [1.807, 2.05) is 20.8 Å². The summed E-state index contributed by atoms with van der Waals surface area (Å²) >= 11 is 5.72. The van der Waals surface area contributed by atoms with Crippen molar-refractivity contribution in [3.05, 3.63) is 28.8 Å². The van der Waals surface area contributed by atoms with E-state index in [0.717, 1.165) is 6.07 Å². The molecule has 2 nitrogen and oxygen atoms in total. The molecule has 1 atom stereocenters. The van der Waals surface area contributed by atoms with E-state index in [2.05, 4.69) is 5.32 Å². The van der Waals surface area contributed by atoms with Gasteiger partial charge in [0.05, 0.1) is 5.56 Å². The number of rotatable bonds is 1. The lowest BCUT2D eigenvalue weighted by Gasteiger charge is -2.45. The Morgan fingerprint density at radius 3 is 2.60 bits per heavy atom. The van der Waals surface area contributed by atoms with Gasteiger partial charge in [-0.3, -0.25) is 0 Å². The van der Waals surface area contributed by atoms with Crippen LogP contribution in [0.1, 0.15) is 26.3 Å². The van der Waals surface area contributed by atoms with Crippen molar-refractivity contribution in [1.82, 2.24) is 5.32 Å². The topological polar surface area (TPSA) is 15.3 Å². The van der Waals surface area contributed by atoms with Gasteiger partial charge in [0.25, 0.3) is 0 Å². The number of benzene rings is 1. The first-order chi connectivity index (χ1) is 9.10. The summed E-state index contributed by atoms with van der Waals surface area (Å²) in [5.74, 6) is 0.